The normalized spacial score (nSPS) is 20.6. The van der Waals surface area contributed by atoms with E-state index in [9.17, 15) is 69.0 Å². The van der Waals surface area contributed by atoms with Crippen molar-refractivity contribution in [2.24, 2.45) is 42.9 Å². The molecule has 139 heavy (non-hydrogen) atoms. The number of benzene rings is 6. The molecule has 11 rings (SSSR count). The summed E-state index contributed by atoms with van der Waals surface area (Å²) in [4.78, 5) is 121. The average Bonchev–Trinajstić information content (AvgIpc) is 0.809. The zero-order chi connectivity index (χ0) is 103. The van der Waals surface area contributed by atoms with E-state index in [1.807, 2.05) is 125 Å². The molecule has 28 nitrogen and oxygen atoms in total. The first-order chi connectivity index (χ1) is 65.2. The molecule has 0 aromatic heterocycles. The third-order valence-corrected chi connectivity index (χ3v) is 25.7. The molecule has 760 valence electrons. The maximum absolute atomic E-state index is 13.4. The Morgan fingerprint density at radius 1 is 0.309 bits per heavy atom. The fourth-order valence-corrected chi connectivity index (χ4v) is 17.3. The lowest BCUT2D eigenvalue weighted by Crippen LogP contribution is -2.43. The quantitative estimate of drug-likeness (QED) is 0.0263. The summed E-state index contributed by atoms with van der Waals surface area (Å²) in [6.45, 7) is 34.8. The number of carbonyl (C=O) groups excluding carboxylic acids is 8. The van der Waals surface area contributed by atoms with Crippen LogP contribution in [0.3, 0.4) is 0 Å². The first kappa shape index (κ1) is 113. The van der Waals surface area contributed by atoms with Crippen LogP contribution in [0.2, 0.25) is 0 Å². The van der Waals surface area contributed by atoms with Gasteiger partial charge >= 0.3 is 35.8 Å². The van der Waals surface area contributed by atoms with Crippen molar-refractivity contribution in [1.82, 2.24) is 0 Å². The van der Waals surface area contributed by atoms with E-state index in [2.05, 4.69) is 0 Å². The van der Waals surface area contributed by atoms with Crippen LogP contribution in [-0.2, 0) is 61.3 Å². The van der Waals surface area contributed by atoms with Crippen molar-refractivity contribution in [2.45, 2.75) is 404 Å². The smallest absolute Gasteiger partial charge is 0.311 e. The summed E-state index contributed by atoms with van der Waals surface area (Å²) in [6, 6.07) is 19.0. The Morgan fingerprint density at radius 2 is 0.525 bits per heavy atom. The molecule has 4 fully saturated rings. The summed E-state index contributed by atoms with van der Waals surface area (Å²) in [5.74, 6) is -1.44. The highest BCUT2D eigenvalue weighted by atomic mass is 16.6. The highest BCUT2D eigenvalue weighted by molar-refractivity contribution is 5.90. The fourth-order valence-electron chi connectivity index (χ4n) is 17.3. The number of aromatic hydroxyl groups is 6. The largest absolute Gasteiger partial charge is 0.507 e. The molecule has 0 saturated heterocycles. The SMILES string of the molecule is CC(C)(C)c1cc(OC(=O)CCCCCC(=O)Oc2cc(C=O)c(O)c(C(C)(C)C)c2)cc(C=O)c1O.CC(C)(C)c1cc2cc(c1O)C=NC1CCCCC1N=Cc1cc(cc(C(C)(C)C)c1O)OC(=O)CCCCCC(=O)Oc1cc(c(O)c(C(C)(C)C)c1)C=NC1CCCCC1N=Cc1cc(cc(C(C)(C)C)c1O)OC(=O)CCCCCC(=O)O2.N[C@@H]1CCCC[C@H]1N.N[C@H]1CCCC[C@@H]1N. The molecule has 1 heterocycles. The zero-order valence-electron chi connectivity index (χ0n) is 85.4. The van der Waals surface area contributed by atoms with Crippen LogP contribution in [0.4, 0.5) is 0 Å². The minimum Gasteiger partial charge on any atom is -0.507 e. The maximum Gasteiger partial charge on any atom is 0.311 e. The number of aliphatic imine (C=N–C) groups is 4. The number of rotatable bonds is 10. The molecule has 1 aliphatic heterocycles. The number of esters is 6. The molecule has 6 aromatic carbocycles. The van der Waals surface area contributed by atoms with Crippen LogP contribution < -0.4 is 51.4 Å². The van der Waals surface area contributed by atoms with Gasteiger partial charge < -0.3 is 82.0 Å². The molecular formula is C111H156N8O20. The molecule has 4 saturated carbocycles. The third kappa shape index (κ3) is 35.2. The number of ether oxygens (including phenoxy) is 6. The Kier molecular flexibility index (Phi) is 41.7. The number of fused-ring (bicyclic) bond motifs is 10. The molecule has 8 atom stereocenters. The van der Waals surface area contributed by atoms with E-state index in [4.69, 9.17) is 71.3 Å². The predicted octanol–water partition coefficient (Wildman–Crippen LogP) is 20.8. The topological polar surface area (TPSA) is 467 Å². The minimum atomic E-state index is -0.518. The Labute approximate surface area is 822 Å². The van der Waals surface area contributed by atoms with Crippen molar-refractivity contribution in [2.75, 3.05) is 0 Å². The van der Waals surface area contributed by atoms with Gasteiger partial charge in [-0.2, -0.15) is 0 Å². The number of unbranched alkanes of at least 4 members (excludes halogenated alkanes) is 2. The van der Waals surface area contributed by atoms with Crippen LogP contribution >= 0.6 is 0 Å². The first-order valence-electron chi connectivity index (χ1n) is 49.8. The number of nitrogens with zero attached hydrogens (tertiary/aromatic N) is 4. The van der Waals surface area contributed by atoms with Gasteiger partial charge in [-0.25, -0.2) is 0 Å². The molecule has 28 heteroatoms. The predicted molar refractivity (Wildman–Crippen MR) is 546 cm³/mol. The summed E-state index contributed by atoms with van der Waals surface area (Å²) >= 11 is 0. The monoisotopic (exact) mass is 1920 g/mol. The van der Waals surface area contributed by atoms with Crippen molar-refractivity contribution in [3.8, 4) is 69.0 Å². The Hall–Kier alpha value is -11.2. The fraction of sp³-hybridized carbons (Fsp3) is 0.568. The number of carbonyl (C=O) groups is 8. The lowest BCUT2D eigenvalue weighted by Gasteiger charge is -2.26. The van der Waals surface area contributed by atoms with Gasteiger partial charge in [0.1, 0.15) is 69.0 Å². The molecule has 5 aliphatic rings. The Balaban J connectivity index is 0.000000362. The van der Waals surface area contributed by atoms with Crippen molar-refractivity contribution in [3.63, 3.8) is 0 Å². The van der Waals surface area contributed by atoms with Crippen LogP contribution in [0.5, 0.6) is 69.0 Å². The van der Waals surface area contributed by atoms with Crippen LogP contribution in [0.1, 0.15) is 400 Å². The van der Waals surface area contributed by atoms with E-state index in [0.29, 0.717) is 126 Å². The van der Waals surface area contributed by atoms with Crippen molar-refractivity contribution < 1.29 is 97.4 Å². The van der Waals surface area contributed by atoms with Gasteiger partial charge in [-0.3, -0.25) is 58.3 Å². The van der Waals surface area contributed by atoms with Crippen LogP contribution in [0.15, 0.2) is 92.8 Å². The summed E-state index contributed by atoms with van der Waals surface area (Å²) < 4.78 is 34.3. The van der Waals surface area contributed by atoms with Crippen LogP contribution in [0.25, 0.3) is 0 Å². The molecule has 4 unspecified atom stereocenters. The summed E-state index contributed by atoms with van der Waals surface area (Å²) in [5, 5.41) is 67.0. The highest BCUT2D eigenvalue weighted by Gasteiger charge is 2.33. The zero-order valence-corrected chi connectivity index (χ0v) is 85.4. The van der Waals surface area contributed by atoms with Gasteiger partial charge in [0, 0.05) is 143 Å². The molecule has 6 aromatic rings. The van der Waals surface area contributed by atoms with Crippen molar-refractivity contribution >= 4 is 73.2 Å². The molecule has 0 radical (unpaired) electrons. The lowest BCUT2D eigenvalue weighted by molar-refractivity contribution is -0.136. The number of hydrogen-bond acceptors (Lipinski definition) is 28. The lowest BCUT2D eigenvalue weighted by atomic mass is 9.85. The second-order valence-electron chi connectivity index (χ2n) is 43.9. The Bertz CT molecular complexity index is 4780. The number of hydrogen-bond donors (Lipinski definition) is 10. The maximum atomic E-state index is 13.4. The van der Waals surface area contributed by atoms with Gasteiger partial charge in [0.2, 0.25) is 0 Å². The van der Waals surface area contributed by atoms with Gasteiger partial charge in [0.05, 0.1) is 35.3 Å². The molecule has 4 aliphatic carbocycles. The second-order valence-corrected chi connectivity index (χ2v) is 43.9. The van der Waals surface area contributed by atoms with Gasteiger partial charge in [-0.15, -0.1) is 0 Å². The van der Waals surface area contributed by atoms with Gasteiger partial charge in [0.15, 0.2) is 12.6 Å². The van der Waals surface area contributed by atoms with Crippen LogP contribution in [0, 0.1) is 0 Å². The number of aldehydes is 2. The van der Waals surface area contributed by atoms with E-state index >= 15 is 0 Å². The van der Waals surface area contributed by atoms with E-state index in [1.54, 1.807) is 85.5 Å². The molecule has 8 bridgehead atoms. The summed E-state index contributed by atoms with van der Waals surface area (Å²) in [6.07, 6.45) is 28.8. The number of phenolic OH excluding ortho intramolecular Hbond substituents is 6. The molecule has 0 amide bonds. The summed E-state index contributed by atoms with van der Waals surface area (Å²) in [5.41, 5.74) is 24.6. The first-order valence-corrected chi connectivity index (χ1v) is 49.8. The molecule has 14 N–H and O–H groups in total. The van der Waals surface area contributed by atoms with E-state index in [-0.39, 0.29) is 167 Å². The second kappa shape index (κ2) is 51.3. The third-order valence-electron chi connectivity index (χ3n) is 25.7. The Morgan fingerprint density at radius 3 is 0.734 bits per heavy atom. The van der Waals surface area contributed by atoms with E-state index < -0.39 is 68.3 Å². The van der Waals surface area contributed by atoms with Gasteiger partial charge in [-0.05, 0) is 195 Å². The van der Waals surface area contributed by atoms with E-state index in [1.165, 1.54) is 37.8 Å². The average molecular weight is 1920 g/mol. The van der Waals surface area contributed by atoms with E-state index in [0.717, 1.165) is 77.0 Å². The standard InChI is InChI=1S/C70H92N4O12.C29H36O8.2C6H14N2/c1-67(2,3)51-35-47-31-43(63(51)79)39-71-55-23-19-20-24-56(55)72-40-44-32-48(36-52(64(44)80)68(4,5)6)85-61(77)29-17-14-18-30-62(78)86-50-34-46(66(82)54(38-50)70(10,11)12)42-74-58-26-22-21-25-57(58)73-41-45-33-49(37-53(65(45)81)69(7,8)9)84-60(76)28-16-13-15-27-59(75)83-47;1-28(2,3)22-14-20(12-18(16-30)26(22)34)36-24(32)10-8-7-9-11-25(33)37-21-13-19(17-31)27(35)23(15-21)29(4,5)6;2*7-5-3-1-2-4-6(5)8/h31-42,55-58,79-82H,13-30H2,1-12H3;12-17,34-35H,7-11H2,1-6H3;2*5-6H,1-4,7-8H2/t;;2*5-,6-/m..10/s1. The van der Waals surface area contributed by atoms with Crippen molar-refractivity contribution in [1.29, 1.82) is 0 Å². The number of phenols is 6. The van der Waals surface area contributed by atoms with Crippen LogP contribution in [-0.4, -0.2) is 152 Å². The van der Waals surface area contributed by atoms with Gasteiger partial charge in [0.25, 0.3) is 0 Å². The highest BCUT2D eigenvalue weighted by Crippen LogP contribution is 2.44. The minimum absolute atomic E-state index is 0.0315. The van der Waals surface area contributed by atoms with Crippen molar-refractivity contribution in [3.05, 3.63) is 140 Å². The number of nitrogens with two attached hydrogens (primary N) is 4. The molecular weight excluding hydrogens is 1770 g/mol. The summed E-state index contributed by atoms with van der Waals surface area (Å²) in [7, 11) is 0. The molecule has 0 spiro atoms. The van der Waals surface area contributed by atoms with Gasteiger partial charge in [-0.1, -0.05) is 195 Å².